The average Bonchev–Trinajstić information content (AvgIpc) is 2.80. The van der Waals surface area contributed by atoms with Crippen molar-refractivity contribution in [1.82, 2.24) is 0 Å². The van der Waals surface area contributed by atoms with Gasteiger partial charge in [-0.15, -0.1) is 0 Å². The quantitative estimate of drug-likeness (QED) is 0.570. The van der Waals surface area contributed by atoms with Crippen molar-refractivity contribution in [3.05, 3.63) is 36.1 Å². The number of allylic oxidation sites excluding steroid dienone is 4. The third kappa shape index (κ3) is 4.22. The number of nitrogens with zero attached hydrogens (tertiary/aromatic N) is 1. The Morgan fingerprint density at radius 2 is 2.00 bits per heavy atom. The van der Waals surface area contributed by atoms with E-state index in [4.69, 9.17) is 5.73 Å². The summed E-state index contributed by atoms with van der Waals surface area (Å²) in [4.78, 5) is 4.67. The van der Waals surface area contributed by atoms with Gasteiger partial charge >= 0.3 is 0 Å². The zero-order valence-electron chi connectivity index (χ0n) is 11.1. The van der Waals surface area contributed by atoms with E-state index in [1.54, 1.807) is 12.3 Å². The van der Waals surface area contributed by atoms with Crippen molar-refractivity contribution in [2.24, 2.45) is 16.6 Å². The molecule has 0 bridgehead atoms. The molecule has 17 heavy (non-hydrogen) atoms. The van der Waals surface area contributed by atoms with Gasteiger partial charge in [-0.3, -0.25) is 4.99 Å². The first kappa shape index (κ1) is 13.8. The molecule has 0 saturated heterocycles. The van der Waals surface area contributed by atoms with Crippen molar-refractivity contribution in [3.63, 3.8) is 0 Å². The van der Waals surface area contributed by atoms with E-state index in [0.717, 1.165) is 29.3 Å². The average molecular weight is 232 g/mol. The van der Waals surface area contributed by atoms with E-state index < -0.39 is 0 Å². The van der Waals surface area contributed by atoms with Crippen LogP contribution in [0.5, 0.6) is 0 Å². The summed E-state index contributed by atoms with van der Waals surface area (Å²) < 4.78 is 0. The molecule has 0 aromatic carbocycles. The smallest absolute Gasteiger partial charge is 0.0420 e. The van der Waals surface area contributed by atoms with E-state index in [-0.39, 0.29) is 0 Å². The summed E-state index contributed by atoms with van der Waals surface area (Å²) in [5, 5.41) is 0. The van der Waals surface area contributed by atoms with Crippen molar-refractivity contribution in [2.45, 2.75) is 39.5 Å². The van der Waals surface area contributed by atoms with Crippen molar-refractivity contribution in [1.29, 1.82) is 0 Å². The lowest BCUT2D eigenvalue weighted by molar-refractivity contribution is 0.563. The lowest BCUT2D eigenvalue weighted by atomic mass is 10.0. The molecule has 1 fully saturated rings. The van der Waals surface area contributed by atoms with E-state index in [9.17, 15) is 0 Å². The van der Waals surface area contributed by atoms with Gasteiger partial charge in [0.05, 0.1) is 0 Å². The van der Waals surface area contributed by atoms with Crippen LogP contribution in [0.3, 0.4) is 0 Å². The fraction of sp³-hybridized carbons (Fsp3) is 0.533. The maximum absolute atomic E-state index is 5.67. The number of hydrogen-bond donors (Lipinski definition) is 1. The van der Waals surface area contributed by atoms with Gasteiger partial charge in [0.15, 0.2) is 0 Å². The summed E-state index contributed by atoms with van der Waals surface area (Å²) in [5.41, 5.74) is 8.86. The van der Waals surface area contributed by atoms with Crippen LogP contribution in [0, 0.1) is 5.92 Å². The normalized spacial score (nSPS) is 19.8. The molecule has 1 aliphatic rings. The van der Waals surface area contributed by atoms with Crippen molar-refractivity contribution >= 4 is 5.71 Å². The monoisotopic (exact) mass is 232 g/mol. The molecular weight excluding hydrogens is 208 g/mol. The van der Waals surface area contributed by atoms with E-state index in [1.165, 1.54) is 25.7 Å². The third-order valence-corrected chi connectivity index (χ3v) is 3.41. The summed E-state index contributed by atoms with van der Waals surface area (Å²) in [7, 11) is 0. The molecule has 0 heterocycles. The molecule has 0 aromatic rings. The first-order valence-electron chi connectivity index (χ1n) is 6.42. The highest BCUT2D eigenvalue weighted by Gasteiger charge is 2.14. The number of rotatable bonds is 5. The molecule has 0 atom stereocenters. The molecule has 0 aliphatic heterocycles. The summed E-state index contributed by atoms with van der Waals surface area (Å²) in [6.07, 6.45) is 10.8. The molecule has 2 heteroatoms. The second kappa shape index (κ2) is 7.10. The molecule has 0 amide bonds. The zero-order chi connectivity index (χ0) is 12.7. The molecule has 2 N–H and O–H groups in total. The molecular formula is C15H24N2. The molecule has 0 spiro atoms. The van der Waals surface area contributed by atoms with Crippen LogP contribution in [0.2, 0.25) is 0 Å². The van der Waals surface area contributed by atoms with Crippen LogP contribution >= 0.6 is 0 Å². The van der Waals surface area contributed by atoms with E-state index >= 15 is 0 Å². The topological polar surface area (TPSA) is 38.4 Å². The van der Waals surface area contributed by atoms with Gasteiger partial charge in [-0.05, 0) is 38.2 Å². The molecule has 0 unspecified atom stereocenters. The molecule has 94 valence electrons. The van der Waals surface area contributed by atoms with Crippen LogP contribution < -0.4 is 5.73 Å². The van der Waals surface area contributed by atoms with Gasteiger partial charge in [0.2, 0.25) is 0 Å². The number of nitrogens with two attached hydrogens (primary N) is 1. The van der Waals surface area contributed by atoms with Crippen LogP contribution in [0.1, 0.15) is 39.5 Å². The van der Waals surface area contributed by atoms with Gasteiger partial charge in [0.25, 0.3) is 0 Å². The first-order valence-corrected chi connectivity index (χ1v) is 6.42. The fourth-order valence-corrected chi connectivity index (χ4v) is 2.35. The SMILES string of the molecule is C=C/C=C(C)/C(=C/N)C(C)=NCC1CCCC1. The Labute approximate surface area is 105 Å². The van der Waals surface area contributed by atoms with Crippen molar-refractivity contribution in [2.75, 3.05) is 6.54 Å². The summed E-state index contributed by atoms with van der Waals surface area (Å²) >= 11 is 0. The highest BCUT2D eigenvalue weighted by molar-refractivity contribution is 6.01. The summed E-state index contributed by atoms with van der Waals surface area (Å²) in [6.45, 7) is 8.72. The fourth-order valence-electron chi connectivity index (χ4n) is 2.35. The Balaban J connectivity index is 2.65. The van der Waals surface area contributed by atoms with Gasteiger partial charge in [0, 0.05) is 24.0 Å². The van der Waals surface area contributed by atoms with Gasteiger partial charge in [-0.25, -0.2) is 0 Å². The Kier molecular flexibility index (Phi) is 5.75. The van der Waals surface area contributed by atoms with Crippen LogP contribution in [0.25, 0.3) is 0 Å². The molecule has 0 radical (unpaired) electrons. The maximum atomic E-state index is 5.67. The van der Waals surface area contributed by atoms with Gasteiger partial charge in [0.1, 0.15) is 0 Å². The lowest BCUT2D eigenvalue weighted by Gasteiger charge is -2.09. The van der Waals surface area contributed by atoms with Crippen molar-refractivity contribution < 1.29 is 0 Å². The first-order chi connectivity index (χ1) is 8.19. The highest BCUT2D eigenvalue weighted by atomic mass is 14.7. The molecule has 1 aliphatic carbocycles. The molecule has 1 rings (SSSR count). The minimum Gasteiger partial charge on any atom is -0.404 e. The Morgan fingerprint density at radius 1 is 1.35 bits per heavy atom. The van der Waals surface area contributed by atoms with E-state index in [1.807, 2.05) is 19.9 Å². The largest absolute Gasteiger partial charge is 0.404 e. The second-order valence-corrected chi connectivity index (χ2v) is 4.74. The Morgan fingerprint density at radius 3 is 2.53 bits per heavy atom. The molecule has 1 saturated carbocycles. The summed E-state index contributed by atoms with van der Waals surface area (Å²) in [6, 6.07) is 0. The predicted molar refractivity (Wildman–Crippen MR) is 76.2 cm³/mol. The third-order valence-electron chi connectivity index (χ3n) is 3.41. The molecule has 2 nitrogen and oxygen atoms in total. The minimum absolute atomic E-state index is 0.785. The van der Waals surface area contributed by atoms with Crippen LogP contribution in [0.4, 0.5) is 0 Å². The number of hydrogen-bond acceptors (Lipinski definition) is 2. The maximum Gasteiger partial charge on any atom is 0.0420 e. The van der Waals surface area contributed by atoms with Crippen LogP contribution in [-0.2, 0) is 0 Å². The summed E-state index contributed by atoms with van der Waals surface area (Å²) in [5.74, 6) is 0.785. The van der Waals surface area contributed by atoms with Gasteiger partial charge in [-0.2, -0.15) is 0 Å². The second-order valence-electron chi connectivity index (χ2n) is 4.74. The standard InChI is InChI=1S/C15H24N2/c1-4-7-12(2)15(10-16)13(3)17-11-14-8-5-6-9-14/h4,7,10,14H,1,5-6,8-9,11,16H2,2-3H3/b12-7+,15-10-,17-13?. The number of aliphatic imine (C=N–C) groups is 1. The Bertz CT molecular complexity index is 342. The van der Waals surface area contributed by atoms with Crippen molar-refractivity contribution in [3.8, 4) is 0 Å². The van der Waals surface area contributed by atoms with E-state index in [2.05, 4.69) is 11.6 Å². The predicted octanol–water partition coefficient (Wildman–Crippen LogP) is 3.61. The lowest BCUT2D eigenvalue weighted by Crippen LogP contribution is -2.06. The molecule has 0 aromatic heterocycles. The van der Waals surface area contributed by atoms with Crippen LogP contribution in [0.15, 0.2) is 41.1 Å². The zero-order valence-corrected chi connectivity index (χ0v) is 11.1. The van der Waals surface area contributed by atoms with Crippen LogP contribution in [-0.4, -0.2) is 12.3 Å². The van der Waals surface area contributed by atoms with Gasteiger partial charge in [-0.1, -0.05) is 31.6 Å². The minimum atomic E-state index is 0.785. The highest BCUT2D eigenvalue weighted by Crippen LogP contribution is 2.25. The van der Waals surface area contributed by atoms with E-state index in [0.29, 0.717) is 0 Å². The Hall–Kier alpha value is -1.31. The van der Waals surface area contributed by atoms with Gasteiger partial charge < -0.3 is 5.73 Å².